The second-order valence-electron chi connectivity index (χ2n) is 5.73. The van der Waals surface area contributed by atoms with Crippen molar-refractivity contribution in [3.05, 3.63) is 4.88 Å². The summed E-state index contributed by atoms with van der Waals surface area (Å²) in [4.78, 5) is 14.9. The van der Waals surface area contributed by atoms with E-state index < -0.39 is 0 Å². The molecular formula is C15H25N3O2S. The third kappa shape index (κ3) is 3.10. The smallest absolute Gasteiger partial charge is 0.263 e. The molecule has 1 saturated heterocycles. The van der Waals surface area contributed by atoms with Gasteiger partial charge in [0, 0.05) is 19.6 Å². The van der Waals surface area contributed by atoms with Crippen LogP contribution in [-0.2, 0) is 0 Å². The van der Waals surface area contributed by atoms with Gasteiger partial charge in [0.2, 0.25) is 0 Å². The summed E-state index contributed by atoms with van der Waals surface area (Å²) in [5.41, 5.74) is 6.57. The monoisotopic (exact) mass is 311 g/mol. The molecule has 0 radical (unpaired) electrons. The number of hydrogen-bond donors (Lipinski definition) is 2. The number of piperidine rings is 1. The van der Waals surface area contributed by atoms with Crippen molar-refractivity contribution in [2.75, 3.05) is 37.4 Å². The Morgan fingerprint density at radius 3 is 2.76 bits per heavy atom. The van der Waals surface area contributed by atoms with E-state index in [1.54, 1.807) is 7.11 Å². The second-order valence-corrected chi connectivity index (χ2v) is 6.73. The molecule has 6 heteroatoms. The van der Waals surface area contributed by atoms with Gasteiger partial charge >= 0.3 is 0 Å². The lowest BCUT2D eigenvalue weighted by Gasteiger charge is -2.36. The van der Waals surface area contributed by atoms with Crippen molar-refractivity contribution in [1.29, 1.82) is 0 Å². The first kappa shape index (κ1) is 15.9. The quantitative estimate of drug-likeness (QED) is 0.897. The molecule has 1 amide bonds. The van der Waals surface area contributed by atoms with Crippen LogP contribution < -0.4 is 20.7 Å². The third-order valence-electron chi connectivity index (χ3n) is 4.25. The van der Waals surface area contributed by atoms with Crippen molar-refractivity contribution in [2.24, 2.45) is 11.8 Å². The van der Waals surface area contributed by atoms with Crippen molar-refractivity contribution in [1.82, 2.24) is 5.32 Å². The van der Waals surface area contributed by atoms with E-state index in [1.807, 2.05) is 6.92 Å². The maximum absolute atomic E-state index is 12.1. The van der Waals surface area contributed by atoms with E-state index in [0.29, 0.717) is 28.8 Å². The van der Waals surface area contributed by atoms with Gasteiger partial charge in [0.1, 0.15) is 15.6 Å². The van der Waals surface area contributed by atoms with E-state index in [0.717, 1.165) is 30.4 Å². The normalized spacial score (nSPS) is 22.2. The van der Waals surface area contributed by atoms with Crippen LogP contribution in [0.5, 0.6) is 5.75 Å². The van der Waals surface area contributed by atoms with Crippen LogP contribution in [0.2, 0.25) is 0 Å². The van der Waals surface area contributed by atoms with Crippen LogP contribution in [0.3, 0.4) is 0 Å². The zero-order chi connectivity index (χ0) is 15.6. The summed E-state index contributed by atoms with van der Waals surface area (Å²) in [6.07, 6.45) is 1.15. The molecule has 2 atom stereocenters. The maximum Gasteiger partial charge on any atom is 0.263 e. The summed E-state index contributed by atoms with van der Waals surface area (Å²) >= 11 is 1.43. The first-order chi connectivity index (χ1) is 9.99. The fourth-order valence-corrected chi connectivity index (χ4v) is 3.82. The van der Waals surface area contributed by atoms with Crippen molar-refractivity contribution in [3.8, 4) is 5.75 Å². The molecule has 2 heterocycles. The Morgan fingerprint density at radius 1 is 1.48 bits per heavy atom. The van der Waals surface area contributed by atoms with Crippen molar-refractivity contribution < 1.29 is 9.53 Å². The van der Waals surface area contributed by atoms with Gasteiger partial charge in [-0.2, -0.15) is 0 Å². The first-order valence-corrected chi connectivity index (χ1v) is 8.30. The molecule has 21 heavy (non-hydrogen) atoms. The van der Waals surface area contributed by atoms with Crippen LogP contribution in [0.4, 0.5) is 10.7 Å². The van der Waals surface area contributed by atoms with E-state index in [-0.39, 0.29) is 5.91 Å². The van der Waals surface area contributed by atoms with Gasteiger partial charge in [0.15, 0.2) is 5.75 Å². The van der Waals surface area contributed by atoms with Crippen molar-refractivity contribution in [3.63, 3.8) is 0 Å². The average molecular weight is 311 g/mol. The van der Waals surface area contributed by atoms with E-state index in [2.05, 4.69) is 24.1 Å². The molecule has 0 saturated carbocycles. The van der Waals surface area contributed by atoms with Crippen LogP contribution in [0.1, 0.15) is 36.9 Å². The minimum Gasteiger partial charge on any atom is -0.492 e. The number of methoxy groups -OCH3 is 1. The molecular weight excluding hydrogens is 286 g/mol. The predicted molar refractivity (Wildman–Crippen MR) is 88.4 cm³/mol. The molecule has 118 valence electrons. The van der Waals surface area contributed by atoms with Crippen LogP contribution in [-0.4, -0.2) is 32.7 Å². The van der Waals surface area contributed by atoms with Gasteiger partial charge in [0.05, 0.1) is 7.11 Å². The summed E-state index contributed by atoms with van der Waals surface area (Å²) < 4.78 is 5.46. The number of carbonyl (C=O) groups excluding carboxylic acids is 1. The van der Waals surface area contributed by atoms with Crippen LogP contribution in [0.25, 0.3) is 0 Å². The second kappa shape index (κ2) is 6.56. The Balaban J connectivity index is 2.31. The first-order valence-electron chi connectivity index (χ1n) is 7.48. The zero-order valence-electron chi connectivity index (χ0n) is 13.2. The lowest BCUT2D eigenvalue weighted by Crippen LogP contribution is -2.38. The highest BCUT2D eigenvalue weighted by molar-refractivity contribution is 7.19. The summed E-state index contributed by atoms with van der Waals surface area (Å²) in [5, 5.41) is 3.78. The number of hydrogen-bond acceptors (Lipinski definition) is 5. The number of ether oxygens (including phenoxy) is 1. The topological polar surface area (TPSA) is 67.6 Å². The fraction of sp³-hybridized carbons (Fsp3) is 0.667. The number of nitrogens with zero attached hydrogens (tertiary/aromatic N) is 1. The van der Waals surface area contributed by atoms with Gasteiger partial charge in [-0.05, 0) is 25.2 Å². The number of nitrogens with one attached hydrogen (secondary N) is 1. The third-order valence-corrected chi connectivity index (χ3v) is 5.50. The highest BCUT2D eigenvalue weighted by atomic mass is 32.1. The Morgan fingerprint density at radius 2 is 2.19 bits per heavy atom. The molecule has 0 bridgehead atoms. The van der Waals surface area contributed by atoms with Crippen molar-refractivity contribution >= 4 is 27.9 Å². The molecule has 1 aliphatic heterocycles. The molecule has 0 spiro atoms. The fourth-order valence-electron chi connectivity index (χ4n) is 2.68. The molecule has 3 N–H and O–H groups in total. The van der Waals surface area contributed by atoms with Gasteiger partial charge in [0.25, 0.3) is 5.91 Å². The molecule has 5 nitrogen and oxygen atoms in total. The standard InChI is InChI=1S/C15H25N3O2S/c1-5-17-14(19)13-11(16)12(20-4)15(21-13)18-7-6-9(2)10(3)8-18/h9-10H,5-8,16H2,1-4H3,(H,17,19). The van der Waals surface area contributed by atoms with Crippen molar-refractivity contribution in [2.45, 2.75) is 27.2 Å². The highest BCUT2D eigenvalue weighted by Gasteiger charge is 2.29. The number of rotatable bonds is 4. The summed E-state index contributed by atoms with van der Waals surface area (Å²) in [6.45, 7) is 9.01. The largest absolute Gasteiger partial charge is 0.492 e. The minimum absolute atomic E-state index is 0.122. The van der Waals surface area contributed by atoms with E-state index >= 15 is 0 Å². The number of anilines is 2. The molecule has 1 aromatic heterocycles. The van der Waals surface area contributed by atoms with E-state index in [4.69, 9.17) is 10.5 Å². The highest BCUT2D eigenvalue weighted by Crippen LogP contribution is 2.46. The number of thiophene rings is 1. The maximum atomic E-state index is 12.1. The summed E-state index contributed by atoms with van der Waals surface area (Å²) in [7, 11) is 1.61. The Bertz CT molecular complexity index is 515. The molecule has 2 unspecified atom stereocenters. The van der Waals surface area contributed by atoms with Gasteiger partial charge in [-0.15, -0.1) is 11.3 Å². The number of amides is 1. The van der Waals surface area contributed by atoms with Crippen LogP contribution in [0.15, 0.2) is 0 Å². The Hall–Kier alpha value is -1.43. The molecule has 0 aliphatic carbocycles. The van der Waals surface area contributed by atoms with Crippen LogP contribution in [0, 0.1) is 11.8 Å². The lowest BCUT2D eigenvalue weighted by atomic mass is 9.89. The summed E-state index contributed by atoms with van der Waals surface area (Å²) in [6, 6.07) is 0. The SMILES string of the molecule is CCNC(=O)c1sc(N2CCC(C)C(C)C2)c(OC)c1N. The van der Waals surface area contributed by atoms with Gasteiger partial charge in [-0.1, -0.05) is 13.8 Å². The summed E-state index contributed by atoms with van der Waals surface area (Å²) in [5.74, 6) is 1.87. The molecule has 0 aromatic carbocycles. The molecule has 1 aliphatic rings. The Labute approximate surface area is 130 Å². The predicted octanol–water partition coefficient (Wildman–Crippen LogP) is 2.57. The van der Waals surface area contributed by atoms with Gasteiger partial charge < -0.3 is 20.7 Å². The minimum atomic E-state index is -0.122. The number of carbonyl (C=O) groups is 1. The number of nitrogen functional groups attached to an aromatic ring is 1. The molecule has 1 aromatic rings. The van der Waals surface area contributed by atoms with Crippen LogP contribution >= 0.6 is 11.3 Å². The van der Waals surface area contributed by atoms with E-state index in [9.17, 15) is 4.79 Å². The average Bonchev–Trinajstić information content (AvgIpc) is 2.79. The Kier molecular flexibility index (Phi) is 4.98. The molecule has 2 rings (SSSR count). The van der Waals surface area contributed by atoms with Gasteiger partial charge in [-0.3, -0.25) is 4.79 Å². The van der Waals surface area contributed by atoms with E-state index in [1.165, 1.54) is 11.3 Å². The number of nitrogens with two attached hydrogens (primary N) is 1. The van der Waals surface area contributed by atoms with Gasteiger partial charge in [-0.25, -0.2) is 0 Å². The molecule has 1 fully saturated rings. The zero-order valence-corrected chi connectivity index (χ0v) is 14.0. The lowest BCUT2D eigenvalue weighted by molar-refractivity contribution is 0.0960.